The van der Waals surface area contributed by atoms with E-state index in [-0.39, 0.29) is 12.0 Å². The molecular formula is C20H33NO3S. The van der Waals surface area contributed by atoms with Gasteiger partial charge in [-0.1, -0.05) is 59.6 Å². The molecule has 0 aliphatic heterocycles. The molecule has 1 aromatic carbocycles. The van der Waals surface area contributed by atoms with Crippen LogP contribution in [0.25, 0.3) is 0 Å². The van der Waals surface area contributed by atoms with Crippen LogP contribution in [-0.2, 0) is 5.41 Å². The number of aliphatic hydroxyl groups excluding tert-OH is 1. The molecular weight excluding hydrogens is 334 g/mol. The number of hydrogen-bond donors (Lipinski definition) is 3. The topological polar surface area (TPSA) is 69.6 Å². The third kappa shape index (κ3) is 6.90. The summed E-state index contributed by atoms with van der Waals surface area (Å²) in [7, 11) is 0. The fraction of sp³-hybridized carbons (Fsp3) is 0.650. The van der Waals surface area contributed by atoms with Gasteiger partial charge >= 0.3 is 6.09 Å². The van der Waals surface area contributed by atoms with E-state index < -0.39 is 12.2 Å². The maximum Gasteiger partial charge on any atom is 0.404 e. The quantitative estimate of drug-likeness (QED) is 0.524. The Hall–Kier alpha value is -1.20. The molecule has 0 saturated carbocycles. The first kappa shape index (κ1) is 21.8. The van der Waals surface area contributed by atoms with Crippen molar-refractivity contribution in [3.05, 3.63) is 29.3 Å². The average Bonchev–Trinajstić information content (AvgIpc) is 2.54. The summed E-state index contributed by atoms with van der Waals surface area (Å²) in [4.78, 5) is 11.8. The molecule has 0 spiro atoms. The van der Waals surface area contributed by atoms with E-state index in [2.05, 4.69) is 46.0 Å². The van der Waals surface area contributed by atoms with Crippen LogP contribution in [-0.4, -0.2) is 28.6 Å². The predicted octanol–water partition coefficient (Wildman–Crippen LogP) is 5.20. The number of thioether (sulfide) groups is 1. The lowest BCUT2D eigenvalue weighted by atomic mass is 9.82. The Balaban J connectivity index is 3.04. The molecule has 1 aromatic rings. The van der Waals surface area contributed by atoms with Gasteiger partial charge in [-0.05, 0) is 34.9 Å². The number of aliphatic hydroxyl groups is 1. The highest BCUT2D eigenvalue weighted by molar-refractivity contribution is 7.99. The van der Waals surface area contributed by atoms with E-state index in [1.807, 2.05) is 23.9 Å². The molecule has 5 heteroatoms. The maximum atomic E-state index is 10.6. The third-order valence-corrected chi connectivity index (χ3v) is 5.78. The maximum absolute atomic E-state index is 10.6. The molecule has 1 atom stereocenters. The van der Waals surface area contributed by atoms with Gasteiger partial charge in [0, 0.05) is 17.2 Å². The van der Waals surface area contributed by atoms with E-state index in [4.69, 9.17) is 5.11 Å². The molecule has 25 heavy (non-hydrogen) atoms. The lowest BCUT2D eigenvalue weighted by Gasteiger charge is -2.28. The zero-order chi connectivity index (χ0) is 19.0. The normalized spacial score (nSPS) is 13.1. The van der Waals surface area contributed by atoms with Crippen LogP contribution in [0.4, 0.5) is 4.79 Å². The molecule has 0 bridgehead atoms. The number of benzene rings is 1. The summed E-state index contributed by atoms with van der Waals surface area (Å²) in [6.45, 7) is 11.2. The second kappa shape index (κ2) is 10.1. The number of amides is 1. The van der Waals surface area contributed by atoms with Gasteiger partial charge in [0.05, 0.1) is 6.10 Å². The molecule has 0 fully saturated rings. The molecule has 0 aliphatic carbocycles. The summed E-state index contributed by atoms with van der Waals surface area (Å²) in [5.74, 6) is 1.78. The standard InChI is InChI=1S/C20H33NO3S/c1-6-14(7-2)13-25-17-10-8-9-15(18(17)20(3,4)5)16(22)11-12-21-19(23)24/h8-10,14,16,21-22H,6-7,11-13H2,1-5H3,(H,23,24). The van der Waals surface area contributed by atoms with Gasteiger partial charge in [0.15, 0.2) is 0 Å². The predicted molar refractivity (Wildman–Crippen MR) is 106 cm³/mol. The van der Waals surface area contributed by atoms with Gasteiger partial charge in [-0.25, -0.2) is 4.79 Å². The van der Waals surface area contributed by atoms with E-state index in [9.17, 15) is 9.90 Å². The molecule has 0 heterocycles. The highest BCUT2D eigenvalue weighted by atomic mass is 32.2. The van der Waals surface area contributed by atoms with E-state index >= 15 is 0 Å². The van der Waals surface area contributed by atoms with Crippen LogP contribution >= 0.6 is 11.8 Å². The van der Waals surface area contributed by atoms with Crippen molar-refractivity contribution in [1.29, 1.82) is 0 Å². The number of carbonyl (C=O) groups is 1. The highest BCUT2D eigenvalue weighted by Crippen LogP contribution is 2.39. The fourth-order valence-electron chi connectivity index (χ4n) is 2.95. The van der Waals surface area contributed by atoms with E-state index in [1.54, 1.807) is 0 Å². The molecule has 0 saturated heterocycles. The molecule has 3 N–H and O–H groups in total. The van der Waals surface area contributed by atoms with Gasteiger partial charge in [-0.3, -0.25) is 0 Å². The Morgan fingerprint density at radius 3 is 2.40 bits per heavy atom. The van der Waals surface area contributed by atoms with Crippen LogP contribution in [0, 0.1) is 5.92 Å². The summed E-state index contributed by atoms with van der Waals surface area (Å²) in [6, 6.07) is 6.10. The van der Waals surface area contributed by atoms with E-state index in [1.165, 1.54) is 23.3 Å². The first-order valence-corrected chi connectivity index (χ1v) is 10.1. The minimum atomic E-state index is -1.06. The molecule has 1 rings (SSSR count). The summed E-state index contributed by atoms with van der Waals surface area (Å²) >= 11 is 1.87. The molecule has 0 aliphatic rings. The lowest BCUT2D eigenvalue weighted by Crippen LogP contribution is -2.24. The Morgan fingerprint density at radius 2 is 1.88 bits per heavy atom. The Bertz CT molecular complexity index is 550. The van der Waals surface area contributed by atoms with Crippen molar-refractivity contribution in [2.24, 2.45) is 5.92 Å². The SMILES string of the molecule is CCC(CC)CSc1cccc(C(O)CCNC(=O)O)c1C(C)(C)C. The van der Waals surface area contributed by atoms with Crippen LogP contribution in [0.1, 0.15) is 71.1 Å². The van der Waals surface area contributed by atoms with Crippen molar-refractivity contribution in [1.82, 2.24) is 5.32 Å². The average molecular weight is 368 g/mol. The second-order valence-corrected chi connectivity index (χ2v) is 8.56. The minimum Gasteiger partial charge on any atom is -0.465 e. The molecule has 1 amide bonds. The summed E-state index contributed by atoms with van der Waals surface area (Å²) in [6.07, 6.45) is 0.998. The summed E-state index contributed by atoms with van der Waals surface area (Å²) < 4.78 is 0. The lowest BCUT2D eigenvalue weighted by molar-refractivity contribution is 0.160. The van der Waals surface area contributed by atoms with Crippen molar-refractivity contribution in [3.63, 3.8) is 0 Å². The van der Waals surface area contributed by atoms with E-state index in [0.29, 0.717) is 12.3 Å². The van der Waals surface area contributed by atoms with Crippen molar-refractivity contribution in [2.75, 3.05) is 12.3 Å². The van der Waals surface area contributed by atoms with Crippen LogP contribution in [0.2, 0.25) is 0 Å². The Morgan fingerprint density at radius 1 is 1.24 bits per heavy atom. The van der Waals surface area contributed by atoms with Crippen molar-refractivity contribution in [2.45, 2.75) is 70.3 Å². The monoisotopic (exact) mass is 367 g/mol. The first-order valence-electron chi connectivity index (χ1n) is 9.11. The molecule has 4 nitrogen and oxygen atoms in total. The minimum absolute atomic E-state index is 0.0892. The van der Waals surface area contributed by atoms with Gasteiger partial charge < -0.3 is 15.5 Å². The number of hydrogen-bond acceptors (Lipinski definition) is 3. The van der Waals surface area contributed by atoms with Crippen LogP contribution in [0.15, 0.2) is 23.1 Å². The van der Waals surface area contributed by atoms with Crippen LogP contribution in [0.5, 0.6) is 0 Å². The van der Waals surface area contributed by atoms with E-state index in [0.717, 1.165) is 11.3 Å². The van der Waals surface area contributed by atoms with Crippen molar-refractivity contribution in [3.8, 4) is 0 Å². The fourth-order valence-corrected chi connectivity index (χ4v) is 4.58. The zero-order valence-electron chi connectivity index (χ0n) is 16.1. The number of carboxylic acid groups (broad SMARTS) is 1. The molecule has 142 valence electrons. The Kier molecular flexibility index (Phi) is 8.80. The van der Waals surface area contributed by atoms with Crippen LogP contribution in [0.3, 0.4) is 0 Å². The van der Waals surface area contributed by atoms with Gasteiger partial charge in [-0.2, -0.15) is 0 Å². The smallest absolute Gasteiger partial charge is 0.404 e. The van der Waals surface area contributed by atoms with Crippen molar-refractivity contribution < 1.29 is 15.0 Å². The highest BCUT2D eigenvalue weighted by Gasteiger charge is 2.25. The summed E-state index contributed by atoms with van der Waals surface area (Å²) in [5.41, 5.74) is 2.00. The van der Waals surface area contributed by atoms with Crippen molar-refractivity contribution >= 4 is 17.9 Å². The number of nitrogens with one attached hydrogen (secondary N) is 1. The van der Waals surface area contributed by atoms with Gasteiger partial charge in [0.2, 0.25) is 0 Å². The largest absolute Gasteiger partial charge is 0.465 e. The third-order valence-electron chi connectivity index (χ3n) is 4.49. The molecule has 0 radical (unpaired) electrons. The second-order valence-electron chi connectivity index (χ2n) is 7.50. The van der Waals surface area contributed by atoms with Gasteiger partial charge in [0.25, 0.3) is 0 Å². The molecule has 1 unspecified atom stereocenters. The molecule has 0 aromatic heterocycles. The summed E-state index contributed by atoms with van der Waals surface area (Å²) in [5, 5.41) is 21.7. The number of rotatable bonds is 9. The van der Waals surface area contributed by atoms with Gasteiger partial charge in [-0.15, -0.1) is 11.8 Å². The zero-order valence-corrected chi connectivity index (χ0v) is 16.9. The first-order chi connectivity index (χ1) is 11.7. The van der Waals surface area contributed by atoms with Crippen LogP contribution < -0.4 is 5.32 Å². The van der Waals surface area contributed by atoms with Gasteiger partial charge in [0.1, 0.15) is 0 Å². The Labute approximate surface area is 156 Å².